The summed E-state index contributed by atoms with van der Waals surface area (Å²) in [6.07, 6.45) is -4.36. The maximum Gasteiger partial charge on any atom is 0.392 e. The second kappa shape index (κ2) is 5.03. The maximum atomic E-state index is 12.7. The standard InChI is InChI=1S/C10H16F3NO2/c1-14-4-2-7(3-5-14)8(6-9(15)16)10(11,12)13/h7-8H,2-6H2,1H3,(H,15,16). The second-order valence-corrected chi connectivity index (χ2v) is 4.39. The summed E-state index contributed by atoms with van der Waals surface area (Å²) in [4.78, 5) is 12.4. The number of nitrogens with zero attached hydrogens (tertiary/aromatic N) is 1. The molecule has 1 aliphatic heterocycles. The van der Waals surface area contributed by atoms with Crippen LogP contribution in [0.4, 0.5) is 13.2 Å². The fourth-order valence-electron chi connectivity index (χ4n) is 2.17. The Hall–Kier alpha value is -0.780. The summed E-state index contributed by atoms with van der Waals surface area (Å²) in [5.74, 6) is -3.62. The Balaban J connectivity index is 2.65. The number of piperidine rings is 1. The predicted octanol–water partition coefficient (Wildman–Crippen LogP) is 1.98. The molecule has 1 aliphatic rings. The van der Waals surface area contributed by atoms with Crippen molar-refractivity contribution in [1.82, 2.24) is 4.90 Å². The lowest BCUT2D eigenvalue weighted by molar-refractivity contribution is -0.198. The molecule has 3 nitrogen and oxygen atoms in total. The van der Waals surface area contributed by atoms with E-state index in [-0.39, 0.29) is 0 Å². The van der Waals surface area contributed by atoms with E-state index in [1.807, 2.05) is 11.9 Å². The Labute approximate surface area is 92.2 Å². The van der Waals surface area contributed by atoms with Gasteiger partial charge in [0.15, 0.2) is 0 Å². The van der Waals surface area contributed by atoms with Gasteiger partial charge < -0.3 is 10.0 Å². The molecule has 1 rings (SSSR count). The van der Waals surface area contributed by atoms with E-state index in [4.69, 9.17) is 5.11 Å². The van der Waals surface area contributed by atoms with Gasteiger partial charge in [-0.25, -0.2) is 0 Å². The molecule has 0 aromatic heterocycles. The summed E-state index contributed by atoms with van der Waals surface area (Å²) in [6, 6.07) is 0. The largest absolute Gasteiger partial charge is 0.481 e. The van der Waals surface area contributed by atoms with Gasteiger partial charge in [0.2, 0.25) is 0 Å². The van der Waals surface area contributed by atoms with E-state index in [2.05, 4.69) is 0 Å². The zero-order chi connectivity index (χ0) is 12.3. The zero-order valence-corrected chi connectivity index (χ0v) is 9.13. The molecular formula is C10H16F3NO2. The summed E-state index contributed by atoms with van der Waals surface area (Å²) < 4.78 is 38.1. The molecule has 0 aliphatic carbocycles. The van der Waals surface area contributed by atoms with Crippen molar-refractivity contribution in [3.05, 3.63) is 0 Å². The zero-order valence-electron chi connectivity index (χ0n) is 9.13. The third-order valence-electron chi connectivity index (χ3n) is 3.15. The summed E-state index contributed by atoms with van der Waals surface area (Å²) in [7, 11) is 1.86. The topological polar surface area (TPSA) is 40.5 Å². The average Bonchev–Trinajstić information content (AvgIpc) is 2.14. The fraction of sp³-hybridized carbons (Fsp3) is 0.900. The lowest BCUT2D eigenvalue weighted by Crippen LogP contribution is -2.39. The van der Waals surface area contributed by atoms with Crippen LogP contribution in [-0.4, -0.2) is 42.3 Å². The molecule has 6 heteroatoms. The molecule has 0 aromatic carbocycles. The molecule has 0 saturated carbocycles. The Morgan fingerprint density at radius 3 is 2.31 bits per heavy atom. The Bertz CT molecular complexity index is 247. The predicted molar refractivity (Wildman–Crippen MR) is 52.0 cm³/mol. The first-order valence-electron chi connectivity index (χ1n) is 5.27. The maximum absolute atomic E-state index is 12.7. The number of aliphatic carboxylic acids is 1. The summed E-state index contributed by atoms with van der Waals surface area (Å²) in [5.41, 5.74) is 0. The van der Waals surface area contributed by atoms with E-state index in [1.54, 1.807) is 0 Å². The van der Waals surface area contributed by atoms with E-state index in [9.17, 15) is 18.0 Å². The van der Waals surface area contributed by atoms with Crippen molar-refractivity contribution in [1.29, 1.82) is 0 Å². The van der Waals surface area contributed by atoms with E-state index in [1.165, 1.54) is 0 Å². The van der Waals surface area contributed by atoms with Crippen molar-refractivity contribution >= 4 is 5.97 Å². The van der Waals surface area contributed by atoms with Crippen LogP contribution in [0.25, 0.3) is 0 Å². The summed E-state index contributed by atoms with van der Waals surface area (Å²) >= 11 is 0. The molecule has 0 bridgehead atoms. The van der Waals surface area contributed by atoms with Crippen molar-refractivity contribution in [3.8, 4) is 0 Å². The van der Waals surface area contributed by atoms with Crippen LogP contribution in [0.1, 0.15) is 19.3 Å². The Kier molecular flexibility index (Phi) is 4.18. The minimum absolute atomic E-state index is 0.425. The Morgan fingerprint density at radius 2 is 1.94 bits per heavy atom. The molecule has 1 saturated heterocycles. The summed E-state index contributed by atoms with van der Waals surface area (Å²) in [6.45, 7) is 1.22. The SMILES string of the molecule is CN1CCC(C(CC(=O)O)C(F)(F)F)CC1. The first-order valence-corrected chi connectivity index (χ1v) is 5.27. The van der Waals surface area contributed by atoms with Crippen molar-refractivity contribution in [2.45, 2.75) is 25.4 Å². The van der Waals surface area contributed by atoms with Crippen molar-refractivity contribution in [3.63, 3.8) is 0 Å². The number of carbonyl (C=O) groups is 1. The quantitative estimate of drug-likeness (QED) is 0.818. The van der Waals surface area contributed by atoms with Crippen LogP contribution in [0.3, 0.4) is 0 Å². The molecule has 1 heterocycles. The number of hydrogen-bond donors (Lipinski definition) is 1. The van der Waals surface area contributed by atoms with Crippen LogP contribution < -0.4 is 0 Å². The van der Waals surface area contributed by atoms with E-state index < -0.39 is 30.4 Å². The monoisotopic (exact) mass is 239 g/mol. The number of alkyl halides is 3. The van der Waals surface area contributed by atoms with E-state index in [0.717, 1.165) is 0 Å². The van der Waals surface area contributed by atoms with Crippen LogP contribution in [-0.2, 0) is 4.79 Å². The van der Waals surface area contributed by atoms with Gasteiger partial charge in [0.05, 0.1) is 12.3 Å². The van der Waals surface area contributed by atoms with Crippen molar-refractivity contribution in [2.24, 2.45) is 11.8 Å². The molecular weight excluding hydrogens is 223 g/mol. The van der Waals surface area contributed by atoms with Gasteiger partial charge in [0.25, 0.3) is 0 Å². The van der Waals surface area contributed by atoms with Gasteiger partial charge in [-0.05, 0) is 38.9 Å². The number of carboxylic acids is 1. The van der Waals surface area contributed by atoms with Gasteiger partial charge in [0, 0.05) is 0 Å². The van der Waals surface area contributed by atoms with Gasteiger partial charge in [-0.2, -0.15) is 13.2 Å². The first kappa shape index (κ1) is 13.3. The third kappa shape index (κ3) is 3.66. The highest BCUT2D eigenvalue weighted by molar-refractivity contribution is 5.67. The fourth-order valence-corrected chi connectivity index (χ4v) is 2.17. The molecule has 0 aromatic rings. The second-order valence-electron chi connectivity index (χ2n) is 4.39. The van der Waals surface area contributed by atoms with Gasteiger partial charge in [-0.15, -0.1) is 0 Å². The van der Waals surface area contributed by atoms with Crippen LogP contribution >= 0.6 is 0 Å². The van der Waals surface area contributed by atoms with Crippen molar-refractivity contribution < 1.29 is 23.1 Å². The molecule has 16 heavy (non-hydrogen) atoms. The first-order chi connectivity index (χ1) is 7.30. The van der Waals surface area contributed by atoms with Gasteiger partial charge in [-0.3, -0.25) is 4.79 Å². The average molecular weight is 239 g/mol. The van der Waals surface area contributed by atoms with Gasteiger partial charge in [0.1, 0.15) is 0 Å². The molecule has 1 N–H and O–H groups in total. The molecule has 1 unspecified atom stereocenters. The normalized spacial score (nSPS) is 22.0. The molecule has 0 amide bonds. The molecule has 0 spiro atoms. The number of halogens is 3. The van der Waals surface area contributed by atoms with E-state index in [0.29, 0.717) is 25.9 Å². The number of rotatable bonds is 3. The van der Waals surface area contributed by atoms with Crippen LogP contribution in [0, 0.1) is 11.8 Å². The molecule has 1 atom stereocenters. The highest BCUT2D eigenvalue weighted by Gasteiger charge is 2.45. The van der Waals surface area contributed by atoms with Crippen LogP contribution in [0.2, 0.25) is 0 Å². The van der Waals surface area contributed by atoms with Crippen LogP contribution in [0.5, 0.6) is 0 Å². The highest BCUT2D eigenvalue weighted by atomic mass is 19.4. The minimum Gasteiger partial charge on any atom is -0.481 e. The Morgan fingerprint density at radius 1 is 1.44 bits per heavy atom. The molecule has 1 fully saturated rings. The summed E-state index contributed by atoms with van der Waals surface area (Å²) in [5, 5.41) is 8.52. The highest BCUT2D eigenvalue weighted by Crippen LogP contribution is 2.39. The lowest BCUT2D eigenvalue weighted by atomic mass is 9.82. The smallest absolute Gasteiger partial charge is 0.392 e. The molecule has 94 valence electrons. The van der Waals surface area contributed by atoms with Gasteiger partial charge >= 0.3 is 12.1 Å². The minimum atomic E-state index is -4.40. The lowest BCUT2D eigenvalue weighted by Gasteiger charge is -2.34. The van der Waals surface area contributed by atoms with Crippen molar-refractivity contribution in [2.75, 3.05) is 20.1 Å². The van der Waals surface area contributed by atoms with Crippen LogP contribution in [0.15, 0.2) is 0 Å². The number of hydrogen-bond acceptors (Lipinski definition) is 2. The number of carboxylic acid groups (broad SMARTS) is 1. The van der Waals surface area contributed by atoms with E-state index >= 15 is 0 Å². The molecule has 0 radical (unpaired) electrons. The third-order valence-corrected chi connectivity index (χ3v) is 3.15. The number of likely N-dealkylation sites (tertiary alicyclic amines) is 1. The van der Waals surface area contributed by atoms with Gasteiger partial charge in [-0.1, -0.05) is 0 Å².